The van der Waals surface area contributed by atoms with Crippen LogP contribution < -0.4 is 20.1 Å². The maximum absolute atomic E-state index is 12.1. The Labute approximate surface area is 174 Å². The highest BCUT2D eigenvalue weighted by atomic mass is 16.7. The molecule has 0 aromatic heterocycles. The van der Waals surface area contributed by atoms with Crippen LogP contribution in [0.2, 0.25) is 0 Å². The summed E-state index contributed by atoms with van der Waals surface area (Å²) in [5.41, 5.74) is 2.17. The summed E-state index contributed by atoms with van der Waals surface area (Å²) >= 11 is 0. The van der Waals surface area contributed by atoms with E-state index < -0.39 is 24.4 Å². The first kappa shape index (κ1) is 21.2. The topological polar surface area (TPSA) is 103 Å². The molecule has 158 valence electrons. The Bertz CT molecular complexity index is 910. The lowest BCUT2D eigenvalue weighted by Crippen LogP contribution is -2.32. The molecule has 0 atom stereocenters. The molecule has 2 aromatic rings. The molecule has 2 aromatic carbocycles. The van der Waals surface area contributed by atoms with E-state index in [-0.39, 0.29) is 13.3 Å². The van der Waals surface area contributed by atoms with Crippen molar-refractivity contribution in [2.45, 2.75) is 26.2 Å². The van der Waals surface area contributed by atoms with Gasteiger partial charge in [0, 0.05) is 11.3 Å². The summed E-state index contributed by atoms with van der Waals surface area (Å²) in [5.74, 6) is -0.591. The highest BCUT2D eigenvalue weighted by Gasteiger charge is 2.17. The van der Waals surface area contributed by atoms with E-state index in [1.165, 1.54) is 11.6 Å². The molecule has 0 saturated heterocycles. The van der Waals surface area contributed by atoms with Crippen molar-refractivity contribution in [2.24, 2.45) is 0 Å². The molecule has 1 aliphatic rings. The predicted octanol–water partition coefficient (Wildman–Crippen LogP) is 2.67. The van der Waals surface area contributed by atoms with Gasteiger partial charge in [0.25, 0.3) is 11.8 Å². The van der Waals surface area contributed by atoms with Gasteiger partial charge in [0.2, 0.25) is 6.79 Å². The van der Waals surface area contributed by atoms with Crippen LogP contribution in [-0.4, -0.2) is 37.7 Å². The van der Waals surface area contributed by atoms with Gasteiger partial charge < -0.3 is 24.8 Å². The van der Waals surface area contributed by atoms with Crippen LogP contribution in [0.3, 0.4) is 0 Å². The lowest BCUT2D eigenvalue weighted by Gasteiger charge is -2.08. The van der Waals surface area contributed by atoms with Gasteiger partial charge in [-0.05, 0) is 48.7 Å². The van der Waals surface area contributed by atoms with E-state index in [2.05, 4.69) is 17.6 Å². The van der Waals surface area contributed by atoms with E-state index in [1.54, 1.807) is 12.1 Å². The third-order valence-corrected chi connectivity index (χ3v) is 4.45. The number of rotatable bonds is 9. The number of amides is 2. The third-order valence-electron chi connectivity index (χ3n) is 4.45. The predicted molar refractivity (Wildman–Crippen MR) is 110 cm³/mol. The molecular formula is C22H24N2O6. The average Bonchev–Trinajstić information content (AvgIpc) is 3.23. The number of carbonyl (C=O) groups excluding carboxylic acids is 3. The van der Waals surface area contributed by atoms with Gasteiger partial charge in [-0.3, -0.25) is 14.4 Å². The molecule has 2 amide bonds. The van der Waals surface area contributed by atoms with Crippen LogP contribution in [0.15, 0.2) is 42.5 Å². The number of nitrogens with one attached hydrogen (secondary N) is 2. The van der Waals surface area contributed by atoms with Gasteiger partial charge in [0.15, 0.2) is 18.1 Å². The summed E-state index contributed by atoms with van der Waals surface area (Å²) in [6, 6.07) is 12.3. The number of anilines is 1. The number of aryl methyl sites for hydroxylation is 1. The molecule has 30 heavy (non-hydrogen) atoms. The number of hydrogen-bond donors (Lipinski definition) is 2. The second-order valence-corrected chi connectivity index (χ2v) is 6.76. The first-order chi connectivity index (χ1) is 14.5. The van der Waals surface area contributed by atoms with Gasteiger partial charge in [0.05, 0.1) is 0 Å². The number of fused-ring (bicyclic) bond motifs is 1. The Morgan fingerprint density at radius 2 is 1.80 bits per heavy atom. The van der Waals surface area contributed by atoms with E-state index in [0.29, 0.717) is 22.7 Å². The molecule has 3 rings (SSSR count). The maximum Gasteiger partial charge on any atom is 0.325 e. The van der Waals surface area contributed by atoms with Crippen molar-refractivity contribution >= 4 is 23.5 Å². The zero-order valence-electron chi connectivity index (χ0n) is 16.7. The Morgan fingerprint density at radius 3 is 2.57 bits per heavy atom. The fourth-order valence-corrected chi connectivity index (χ4v) is 2.82. The number of esters is 1. The number of unbranched alkanes of at least 4 members (excludes halogenated alkanes) is 1. The first-order valence-corrected chi connectivity index (χ1v) is 9.77. The molecule has 8 nitrogen and oxygen atoms in total. The highest BCUT2D eigenvalue weighted by molar-refractivity contribution is 5.97. The van der Waals surface area contributed by atoms with Crippen molar-refractivity contribution in [3.63, 3.8) is 0 Å². The number of carbonyl (C=O) groups is 3. The van der Waals surface area contributed by atoms with Crippen LogP contribution in [0.1, 0.15) is 35.7 Å². The van der Waals surface area contributed by atoms with Crippen LogP contribution in [0.25, 0.3) is 0 Å². The van der Waals surface area contributed by atoms with E-state index >= 15 is 0 Å². The SMILES string of the molecule is CCCCc1ccc(NC(=O)COC(=O)CNC(=O)c2ccc3c(c2)OCO3)cc1. The second kappa shape index (κ2) is 10.3. The highest BCUT2D eigenvalue weighted by Crippen LogP contribution is 2.32. The minimum absolute atomic E-state index is 0.109. The molecule has 0 bridgehead atoms. The van der Waals surface area contributed by atoms with Crippen molar-refractivity contribution in [2.75, 3.05) is 25.3 Å². The molecule has 1 aliphatic heterocycles. The average molecular weight is 412 g/mol. The van der Waals surface area contributed by atoms with E-state index in [4.69, 9.17) is 14.2 Å². The summed E-state index contributed by atoms with van der Waals surface area (Å²) in [6.07, 6.45) is 3.24. The van der Waals surface area contributed by atoms with Gasteiger partial charge in [-0.15, -0.1) is 0 Å². The van der Waals surface area contributed by atoms with Crippen LogP contribution in [0.5, 0.6) is 11.5 Å². The number of benzene rings is 2. The van der Waals surface area contributed by atoms with Gasteiger partial charge >= 0.3 is 5.97 Å². The van der Waals surface area contributed by atoms with Crippen molar-refractivity contribution in [3.8, 4) is 11.5 Å². The molecule has 2 N–H and O–H groups in total. The Kier molecular flexibility index (Phi) is 7.26. The molecule has 0 aliphatic carbocycles. The van der Waals surface area contributed by atoms with Gasteiger partial charge in [0.1, 0.15) is 6.54 Å². The van der Waals surface area contributed by atoms with Crippen molar-refractivity contribution in [1.82, 2.24) is 5.32 Å². The van der Waals surface area contributed by atoms with E-state index in [0.717, 1.165) is 19.3 Å². The minimum Gasteiger partial charge on any atom is -0.454 e. The lowest BCUT2D eigenvalue weighted by molar-refractivity contribution is -0.146. The molecule has 1 heterocycles. The minimum atomic E-state index is -0.714. The smallest absolute Gasteiger partial charge is 0.325 e. The van der Waals surface area contributed by atoms with Crippen LogP contribution in [0, 0.1) is 0 Å². The Hall–Kier alpha value is -3.55. The number of ether oxygens (including phenoxy) is 3. The molecule has 0 spiro atoms. The monoisotopic (exact) mass is 412 g/mol. The van der Waals surface area contributed by atoms with Crippen LogP contribution in [-0.2, 0) is 20.7 Å². The second-order valence-electron chi connectivity index (χ2n) is 6.76. The van der Waals surface area contributed by atoms with Gasteiger partial charge in [-0.2, -0.15) is 0 Å². The van der Waals surface area contributed by atoms with Crippen LogP contribution in [0.4, 0.5) is 5.69 Å². The molecule has 0 fully saturated rings. The van der Waals surface area contributed by atoms with Crippen molar-refractivity contribution < 1.29 is 28.6 Å². The summed E-state index contributed by atoms with van der Waals surface area (Å²) in [4.78, 5) is 35.9. The fraction of sp³-hybridized carbons (Fsp3) is 0.318. The largest absolute Gasteiger partial charge is 0.454 e. The lowest BCUT2D eigenvalue weighted by atomic mass is 10.1. The van der Waals surface area contributed by atoms with Gasteiger partial charge in [-0.1, -0.05) is 25.5 Å². The first-order valence-electron chi connectivity index (χ1n) is 9.77. The molecule has 0 saturated carbocycles. The Morgan fingerprint density at radius 1 is 1.03 bits per heavy atom. The van der Waals surface area contributed by atoms with Crippen molar-refractivity contribution in [3.05, 3.63) is 53.6 Å². The normalized spacial score (nSPS) is 11.6. The summed E-state index contributed by atoms with van der Waals surface area (Å²) in [7, 11) is 0. The van der Waals surface area contributed by atoms with Crippen LogP contribution >= 0.6 is 0 Å². The zero-order valence-corrected chi connectivity index (χ0v) is 16.7. The standard InChI is InChI=1S/C22H24N2O6/c1-2-3-4-15-5-8-17(9-6-15)24-20(25)13-28-21(26)12-23-22(27)16-7-10-18-19(11-16)30-14-29-18/h5-11H,2-4,12-14H2,1H3,(H,23,27)(H,24,25). The van der Waals surface area contributed by atoms with E-state index in [9.17, 15) is 14.4 Å². The summed E-state index contributed by atoms with van der Waals surface area (Å²) in [5, 5.41) is 5.11. The van der Waals surface area contributed by atoms with Gasteiger partial charge in [-0.25, -0.2) is 0 Å². The molecule has 8 heteroatoms. The third kappa shape index (κ3) is 5.97. The molecule has 0 unspecified atom stereocenters. The van der Waals surface area contributed by atoms with Crippen molar-refractivity contribution in [1.29, 1.82) is 0 Å². The molecule has 0 radical (unpaired) electrons. The Balaban J connectivity index is 1.37. The quantitative estimate of drug-likeness (QED) is 0.614. The molecular weight excluding hydrogens is 388 g/mol. The summed E-state index contributed by atoms with van der Waals surface area (Å²) < 4.78 is 15.3. The number of hydrogen-bond acceptors (Lipinski definition) is 6. The van der Waals surface area contributed by atoms with E-state index in [1.807, 2.05) is 24.3 Å². The zero-order chi connectivity index (χ0) is 21.3. The maximum atomic E-state index is 12.1. The fourth-order valence-electron chi connectivity index (χ4n) is 2.82. The summed E-state index contributed by atoms with van der Waals surface area (Å²) in [6.45, 7) is 1.46.